The van der Waals surface area contributed by atoms with Crippen LogP contribution in [0.4, 0.5) is 4.79 Å². The summed E-state index contributed by atoms with van der Waals surface area (Å²) in [5.41, 5.74) is 23.9. The van der Waals surface area contributed by atoms with Crippen LogP contribution in [0, 0.1) is 5.92 Å². The number of nitrogens with one attached hydrogen (secondary N) is 3. The lowest BCUT2D eigenvalue weighted by atomic mass is 10.0. The average molecular weight is 762 g/mol. The molecule has 54 heavy (non-hydrogen) atoms. The zero-order chi connectivity index (χ0) is 39.0. The molecule has 0 bridgehead atoms. The van der Waals surface area contributed by atoms with Crippen molar-refractivity contribution in [2.45, 2.75) is 82.3 Å². The molecule has 0 unspecified atom stereocenters. The largest absolute Gasteiger partial charge is 0.370 e. The third kappa shape index (κ3) is 12.7. The fourth-order valence-corrected chi connectivity index (χ4v) is 7.23. The fourth-order valence-electron chi connectivity index (χ4n) is 6.38. The number of amides is 6. The van der Waals surface area contributed by atoms with Gasteiger partial charge in [0.15, 0.2) is 5.96 Å². The summed E-state index contributed by atoms with van der Waals surface area (Å²) >= 11 is 0.903. The lowest BCUT2D eigenvalue weighted by molar-refractivity contribution is -0.132. The number of nitrogens with zero attached hydrogens (tertiary/aromatic N) is 2. The van der Waals surface area contributed by atoms with Gasteiger partial charge in [0.05, 0.1) is 4.91 Å². The predicted octanol–water partition coefficient (Wildman–Crippen LogP) is 1.89. The molecule has 1 saturated carbocycles. The molecule has 290 valence electrons. The number of hydrogen-bond acceptors (Lipinski definition) is 9. The van der Waals surface area contributed by atoms with Gasteiger partial charge >= 0.3 is 0 Å². The van der Waals surface area contributed by atoms with Crippen LogP contribution in [0.3, 0.4) is 0 Å². The predicted molar refractivity (Wildman–Crippen MR) is 208 cm³/mol. The minimum atomic E-state index is -1.08. The first-order valence-electron chi connectivity index (χ1n) is 18.3. The topological polar surface area (TPSA) is 258 Å². The van der Waals surface area contributed by atoms with Crippen LogP contribution in [0.25, 0.3) is 6.08 Å². The summed E-state index contributed by atoms with van der Waals surface area (Å²) in [6, 6.07) is 12.3. The molecule has 0 radical (unpaired) electrons. The summed E-state index contributed by atoms with van der Waals surface area (Å²) in [6.07, 6.45) is 7.84. The van der Waals surface area contributed by atoms with Crippen molar-refractivity contribution < 1.29 is 28.8 Å². The Hall–Kier alpha value is -5.22. The SMILES string of the molecule is NCCCC[C@H](NC(=O)[C@H](CCCN=C(N)N)NC(=O)c1ccc(/C=C2/SC(=O)N(CC3CCCC3)C2=O)cc1)C(=O)N[C@@H](Cc1ccccc1)C(N)=O. The molecule has 11 N–H and O–H groups in total. The molecule has 3 atom stereocenters. The van der Waals surface area contributed by atoms with Crippen molar-refractivity contribution in [1.82, 2.24) is 20.9 Å². The van der Waals surface area contributed by atoms with Crippen LogP contribution in [-0.4, -0.2) is 83.4 Å². The summed E-state index contributed by atoms with van der Waals surface area (Å²) in [6.45, 7) is 1.01. The third-order valence-electron chi connectivity index (χ3n) is 9.35. The second-order valence-electron chi connectivity index (χ2n) is 13.5. The number of guanidine groups is 1. The number of nitrogens with two attached hydrogens (primary N) is 4. The first kappa shape index (κ1) is 41.5. The monoisotopic (exact) mass is 761 g/mol. The van der Waals surface area contributed by atoms with E-state index in [4.69, 9.17) is 22.9 Å². The molecule has 2 aromatic rings. The second-order valence-corrected chi connectivity index (χ2v) is 14.5. The van der Waals surface area contributed by atoms with Gasteiger partial charge in [0.25, 0.3) is 17.1 Å². The van der Waals surface area contributed by atoms with E-state index in [1.165, 1.54) is 4.90 Å². The molecule has 0 spiro atoms. The molecule has 15 nitrogen and oxygen atoms in total. The molecule has 1 heterocycles. The number of aliphatic imine (C=N–C) groups is 1. The molecular formula is C38H51N9O6S. The van der Waals surface area contributed by atoms with E-state index in [-0.39, 0.29) is 48.5 Å². The molecule has 2 aliphatic rings. The molecule has 1 saturated heterocycles. The van der Waals surface area contributed by atoms with E-state index in [9.17, 15) is 28.8 Å². The van der Waals surface area contributed by atoms with E-state index in [1.807, 2.05) is 30.3 Å². The van der Waals surface area contributed by atoms with Crippen molar-refractivity contribution >= 4 is 58.6 Å². The van der Waals surface area contributed by atoms with Crippen LogP contribution in [0.5, 0.6) is 0 Å². The number of thioether (sulfide) groups is 1. The van der Waals surface area contributed by atoms with Crippen LogP contribution in [-0.2, 0) is 25.6 Å². The van der Waals surface area contributed by atoms with Gasteiger partial charge in [-0.15, -0.1) is 0 Å². The van der Waals surface area contributed by atoms with Gasteiger partial charge in [0.1, 0.15) is 18.1 Å². The highest BCUT2D eigenvalue weighted by Crippen LogP contribution is 2.35. The van der Waals surface area contributed by atoms with Crippen molar-refractivity contribution in [2.24, 2.45) is 33.8 Å². The Bertz CT molecular complexity index is 1690. The van der Waals surface area contributed by atoms with E-state index in [1.54, 1.807) is 30.3 Å². The van der Waals surface area contributed by atoms with Crippen molar-refractivity contribution in [2.75, 3.05) is 19.6 Å². The van der Waals surface area contributed by atoms with Gasteiger partial charge in [0, 0.05) is 25.1 Å². The van der Waals surface area contributed by atoms with Gasteiger partial charge < -0.3 is 38.9 Å². The minimum Gasteiger partial charge on any atom is -0.370 e. The molecule has 6 amide bonds. The number of carbonyl (C=O) groups is 6. The Morgan fingerprint density at radius 1 is 0.833 bits per heavy atom. The van der Waals surface area contributed by atoms with E-state index in [0.29, 0.717) is 48.7 Å². The number of benzene rings is 2. The number of imide groups is 1. The summed E-state index contributed by atoms with van der Waals surface area (Å²) in [7, 11) is 0. The van der Waals surface area contributed by atoms with Crippen molar-refractivity contribution in [3.8, 4) is 0 Å². The van der Waals surface area contributed by atoms with Crippen LogP contribution in [0.2, 0.25) is 0 Å². The van der Waals surface area contributed by atoms with Crippen LogP contribution in [0.15, 0.2) is 64.5 Å². The Morgan fingerprint density at radius 2 is 1.46 bits per heavy atom. The standard InChI is InChI=1S/C38H51N9O6S/c39-19-7-6-13-28(35(51)46-30(32(40)48)21-24-9-2-1-3-10-24)45-34(50)29(14-8-20-43-37(41)42)44-33(49)27-17-15-25(16-18-27)22-31-36(52)47(38(53)54-31)23-26-11-4-5-12-26/h1-3,9-10,15-18,22,26,28-30H,4-8,11-14,19-21,23,39H2,(H2,40,48)(H,44,49)(H,45,50)(H,46,51)(H4,41,42,43)/b31-22+/t28-,29-,30-/m0/s1. The van der Waals surface area contributed by atoms with E-state index >= 15 is 0 Å². The number of unbranched alkanes of at least 4 members (excludes halogenated alkanes) is 1. The van der Waals surface area contributed by atoms with Gasteiger partial charge in [-0.2, -0.15) is 0 Å². The maximum absolute atomic E-state index is 13.8. The Balaban J connectivity index is 1.45. The molecule has 2 fully saturated rings. The Morgan fingerprint density at radius 3 is 2.09 bits per heavy atom. The molecule has 4 rings (SSSR count). The van der Waals surface area contributed by atoms with Gasteiger partial charge in [-0.25, -0.2) is 0 Å². The number of hydrogen-bond donors (Lipinski definition) is 7. The molecular weight excluding hydrogens is 711 g/mol. The molecule has 2 aromatic carbocycles. The highest BCUT2D eigenvalue weighted by Gasteiger charge is 2.37. The molecule has 0 aromatic heterocycles. The van der Waals surface area contributed by atoms with Crippen molar-refractivity contribution in [3.05, 3.63) is 76.2 Å². The highest BCUT2D eigenvalue weighted by atomic mass is 32.2. The second kappa shape index (κ2) is 20.9. The van der Waals surface area contributed by atoms with E-state index in [2.05, 4.69) is 20.9 Å². The molecule has 16 heteroatoms. The Labute approximate surface area is 319 Å². The van der Waals surface area contributed by atoms with Gasteiger partial charge in [-0.3, -0.25) is 38.7 Å². The summed E-state index contributed by atoms with van der Waals surface area (Å²) in [5.74, 6) is -2.59. The van der Waals surface area contributed by atoms with E-state index < -0.39 is 41.8 Å². The summed E-state index contributed by atoms with van der Waals surface area (Å²) in [4.78, 5) is 84.2. The van der Waals surface area contributed by atoms with E-state index in [0.717, 1.165) is 43.0 Å². The zero-order valence-electron chi connectivity index (χ0n) is 30.3. The van der Waals surface area contributed by atoms with Crippen molar-refractivity contribution in [1.29, 1.82) is 0 Å². The normalized spacial score (nSPS) is 16.8. The lowest BCUT2D eigenvalue weighted by Crippen LogP contribution is -2.56. The Kier molecular flexibility index (Phi) is 16.1. The molecule has 1 aliphatic heterocycles. The summed E-state index contributed by atoms with van der Waals surface area (Å²) < 4.78 is 0. The summed E-state index contributed by atoms with van der Waals surface area (Å²) in [5, 5.41) is 7.91. The minimum absolute atomic E-state index is 0.116. The smallest absolute Gasteiger partial charge is 0.293 e. The number of carbonyl (C=O) groups excluding carboxylic acids is 6. The molecule has 1 aliphatic carbocycles. The van der Waals surface area contributed by atoms with Gasteiger partial charge in [-0.05, 0) is 98.5 Å². The quantitative estimate of drug-likeness (QED) is 0.0446. The number of rotatable bonds is 20. The van der Waals surface area contributed by atoms with Crippen LogP contribution in [0.1, 0.15) is 79.3 Å². The maximum Gasteiger partial charge on any atom is 0.293 e. The maximum atomic E-state index is 13.8. The lowest BCUT2D eigenvalue weighted by Gasteiger charge is -2.25. The first-order chi connectivity index (χ1) is 25.9. The van der Waals surface area contributed by atoms with Crippen LogP contribution < -0.4 is 38.9 Å². The van der Waals surface area contributed by atoms with Gasteiger partial charge in [-0.1, -0.05) is 55.3 Å². The van der Waals surface area contributed by atoms with Crippen molar-refractivity contribution in [3.63, 3.8) is 0 Å². The average Bonchev–Trinajstić information content (AvgIpc) is 3.76. The highest BCUT2D eigenvalue weighted by molar-refractivity contribution is 8.18. The number of primary amides is 1. The fraction of sp³-hybridized carbons (Fsp3) is 0.447. The van der Waals surface area contributed by atoms with Crippen LogP contribution >= 0.6 is 11.8 Å². The first-order valence-corrected chi connectivity index (χ1v) is 19.1. The third-order valence-corrected chi connectivity index (χ3v) is 10.3. The van der Waals surface area contributed by atoms with Gasteiger partial charge in [0.2, 0.25) is 17.7 Å². The zero-order valence-corrected chi connectivity index (χ0v) is 31.2.